The van der Waals surface area contributed by atoms with Crippen molar-refractivity contribution in [2.24, 2.45) is 16.3 Å². The predicted molar refractivity (Wildman–Crippen MR) is 102 cm³/mol. The van der Waals surface area contributed by atoms with E-state index in [1.54, 1.807) is 19.2 Å². The van der Waals surface area contributed by atoms with E-state index in [0.717, 1.165) is 31.2 Å². The van der Waals surface area contributed by atoms with Gasteiger partial charge in [0.15, 0.2) is 0 Å². The second-order valence-corrected chi connectivity index (χ2v) is 7.29. The molecule has 2 fully saturated rings. The van der Waals surface area contributed by atoms with Crippen LogP contribution in [0.15, 0.2) is 29.3 Å². The Hall–Kier alpha value is -1.92. The molecular formula is C20H29N3O3. The van der Waals surface area contributed by atoms with Crippen molar-refractivity contribution in [3.8, 4) is 0 Å². The zero-order valence-corrected chi connectivity index (χ0v) is 16.0. The van der Waals surface area contributed by atoms with Crippen molar-refractivity contribution in [3.63, 3.8) is 0 Å². The third kappa shape index (κ3) is 4.07. The van der Waals surface area contributed by atoms with E-state index in [1.807, 2.05) is 12.1 Å². The van der Waals surface area contributed by atoms with Crippen molar-refractivity contribution in [1.29, 1.82) is 0 Å². The summed E-state index contributed by atoms with van der Waals surface area (Å²) in [4.78, 5) is 18.8. The van der Waals surface area contributed by atoms with E-state index in [4.69, 9.17) is 14.5 Å². The molecule has 26 heavy (non-hydrogen) atoms. The number of ether oxygens (including phenoxy) is 2. The summed E-state index contributed by atoms with van der Waals surface area (Å²) in [7, 11) is 5.21. The third-order valence-corrected chi connectivity index (χ3v) is 5.65. The largest absolute Gasteiger partial charge is 0.465 e. The van der Waals surface area contributed by atoms with Gasteiger partial charge in [0, 0.05) is 26.6 Å². The van der Waals surface area contributed by atoms with Crippen molar-refractivity contribution in [1.82, 2.24) is 10.2 Å². The SMILES string of the molecule is COCCN(C)C(=Nc1ccc(C(=O)OC)cc1)C1CC12CCNCC2. The van der Waals surface area contributed by atoms with Gasteiger partial charge in [0.1, 0.15) is 5.84 Å². The number of carbonyl (C=O) groups is 1. The first-order chi connectivity index (χ1) is 12.6. The van der Waals surface area contributed by atoms with Crippen LogP contribution in [0.5, 0.6) is 0 Å². The minimum atomic E-state index is -0.325. The van der Waals surface area contributed by atoms with Crippen LogP contribution in [0.2, 0.25) is 0 Å². The lowest BCUT2D eigenvalue weighted by Gasteiger charge is -2.27. The molecule has 3 rings (SSSR count). The van der Waals surface area contributed by atoms with Crippen LogP contribution in [0.1, 0.15) is 29.6 Å². The summed E-state index contributed by atoms with van der Waals surface area (Å²) in [6, 6.07) is 7.30. The summed E-state index contributed by atoms with van der Waals surface area (Å²) in [5.74, 6) is 1.32. The Morgan fingerprint density at radius 1 is 1.27 bits per heavy atom. The molecule has 1 spiro atoms. The van der Waals surface area contributed by atoms with E-state index in [2.05, 4.69) is 17.3 Å². The Bertz CT molecular complexity index is 651. The number of carbonyl (C=O) groups excluding carboxylic acids is 1. The number of hydrogen-bond donors (Lipinski definition) is 1. The second kappa shape index (κ2) is 8.18. The maximum absolute atomic E-state index is 11.6. The smallest absolute Gasteiger partial charge is 0.337 e. The standard InChI is InChI=1S/C20H29N3O3/c1-23(12-13-25-2)18(17-14-20(17)8-10-21-11-9-20)22-16-6-4-15(5-7-16)19(24)26-3/h4-7,17,21H,8-14H2,1-3H3. The molecule has 1 N–H and O–H groups in total. The molecular weight excluding hydrogens is 330 g/mol. The highest BCUT2D eigenvalue weighted by Crippen LogP contribution is 2.59. The van der Waals surface area contributed by atoms with Crippen LogP contribution in [0, 0.1) is 11.3 Å². The molecule has 0 amide bonds. The molecule has 1 atom stereocenters. The number of rotatable bonds is 6. The lowest BCUT2D eigenvalue weighted by molar-refractivity contribution is 0.0601. The maximum Gasteiger partial charge on any atom is 0.337 e. The Morgan fingerprint density at radius 3 is 2.58 bits per heavy atom. The molecule has 1 aliphatic carbocycles. The molecule has 142 valence electrons. The molecule has 1 saturated heterocycles. The fourth-order valence-corrected chi connectivity index (χ4v) is 3.88. The average Bonchev–Trinajstić information content (AvgIpc) is 3.36. The third-order valence-electron chi connectivity index (χ3n) is 5.65. The number of methoxy groups -OCH3 is 2. The number of esters is 1. The molecule has 1 saturated carbocycles. The first kappa shape index (κ1) is 18.9. The summed E-state index contributed by atoms with van der Waals surface area (Å²) < 4.78 is 10.0. The lowest BCUT2D eigenvalue weighted by atomic mass is 9.91. The Balaban J connectivity index is 1.81. The number of amidine groups is 1. The van der Waals surface area contributed by atoms with Gasteiger partial charge in [-0.1, -0.05) is 0 Å². The lowest BCUT2D eigenvalue weighted by Crippen LogP contribution is -2.36. The van der Waals surface area contributed by atoms with Gasteiger partial charge in [0.2, 0.25) is 0 Å². The minimum Gasteiger partial charge on any atom is -0.465 e. The molecule has 1 aliphatic heterocycles. The first-order valence-corrected chi connectivity index (χ1v) is 9.27. The van der Waals surface area contributed by atoms with E-state index in [9.17, 15) is 4.79 Å². The van der Waals surface area contributed by atoms with Crippen molar-refractivity contribution in [2.45, 2.75) is 19.3 Å². The summed E-state index contributed by atoms with van der Waals surface area (Å²) >= 11 is 0. The van der Waals surface area contributed by atoms with Crippen LogP contribution in [-0.2, 0) is 9.47 Å². The minimum absolute atomic E-state index is 0.325. The highest BCUT2D eigenvalue weighted by molar-refractivity contribution is 5.91. The van der Waals surface area contributed by atoms with Gasteiger partial charge in [-0.25, -0.2) is 9.79 Å². The summed E-state index contributed by atoms with van der Waals surface area (Å²) in [5, 5.41) is 3.46. The molecule has 1 aromatic rings. The fraction of sp³-hybridized carbons (Fsp3) is 0.600. The van der Waals surface area contributed by atoms with Gasteiger partial charge >= 0.3 is 5.97 Å². The van der Waals surface area contributed by atoms with Gasteiger partial charge in [-0.2, -0.15) is 0 Å². The number of likely N-dealkylation sites (N-methyl/N-ethyl adjacent to an activating group) is 1. The van der Waals surface area contributed by atoms with Crippen molar-refractivity contribution in [2.75, 3.05) is 47.5 Å². The van der Waals surface area contributed by atoms with Crippen molar-refractivity contribution in [3.05, 3.63) is 29.8 Å². The Morgan fingerprint density at radius 2 is 1.96 bits per heavy atom. The Labute approximate surface area is 155 Å². The molecule has 6 heteroatoms. The van der Waals surface area contributed by atoms with Crippen molar-refractivity contribution >= 4 is 17.5 Å². The van der Waals surface area contributed by atoms with E-state index in [0.29, 0.717) is 23.5 Å². The summed E-state index contributed by atoms with van der Waals surface area (Å²) in [6.07, 6.45) is 3.65. The maximum atomic E-state index is 11.6. The molecule has 1 heterocycles. The summed E-state index contributed by atoms with van der Waals surface area (Å²) in [6.45, 7) is 3.69. The van der Waals surface area contributed by atoms with Crippen LogP contribution in [-0.4, -0.2) is 64.2 Å². The zero-order chi connectivity index (χ0) is 18.6. The van der Waals surface area contributed by atoms with Gasteiger partial charge in [-0.05, 0) is 62.0 Å². The van der Waals surface area contributed by atoms with Gasteiger partial charge in [-0.3, -0.25) is 0 Å². The van der Waals surface area contributed by atoms with E-state index in [1.165, 1.54) is 26.4 Å². The number of nitrogens with one attached hydrogen (secondary N) is 1. The summed E-state index contributed by atoms with van der Waals surface area (Å²) in [5.41, 5.74) is 1.83. The van der Waals surface area contributed by atoms with Crippen LogP contribution in [0.4, 0.5) is 5.69 Å². The van der Waals surface area contributed by atoms with Gasteiger partial charge in [0.25, 0.3) is 0 Å². The average molecular weight is 359 g/mol. The van der Waals surface area contributed by atoms with Crippen LogP contribution >= 0.6 is 0 Å². The van der Waals surface area contributed by atoms with Crippen LogP contribution in [0.3, 0.4) is 0 Å². The molecule has 0 bridgehead atoms. The van der Waals surface area contributed by atoms with Crippen LogP contribution in [0.25, 0.3) is 0 Å². The van der Waals surface area contributed by atoms with Gasteiger partial charge in [-0.15, -0.1) is 0 Å². The number of piperidine rings is 1. The topological polar surface area (TPSA) is 63.2 Å². The highest BCUT2D eigenvalue weighted by Gasteiger charge is 2.57. The molecule has 0 aromatic heterocycles. The van der Waals surface area contributed by atoms with Crippen molar-refractivity contribution < 1.29 is 14.3 Å². The molecule has 2 aliphatic rings. The monoisotopic (exact) mass is 359 g/mol. The number of benzene rings is 1. The van der Waals surface area contributed by atoms with E-state index >= 15 is 0 Å². The quantitative estimate of drug-likeness (QED) is 0.480. The van der Waals surface area contributed by atoms with Crippen LogP contribution < -0.4 is 5.32 Å². The fourth-order valence-electron chi connectivity index (χ4n) is 3.88. The molecule has 1 aromatic carbocycles. The highest BCUT2D eigenvalue weighted by atomic mass is 16.5. The van der Waals surface area contributed by atoms with E-state index in [-0.39, 0.29) is 5.97 Å². The molecule has 0 radical (unpaired) electrons. The number of hydrogen-bond acceptors (Lipinski definition) is 5. The van der Waals surface area contributed by atoms with Gasteiger partial charge < -0.3 is 19.7 Å². The van der Waals surface area contributed by atoms with Gasteiger partial charge in [0.05, 0.1) is 25.0 Å². The molecule has 6 nitrogen and oxygen atoms in total. The molecule has 1 unspecified atom stereocenters. The second-order valence-electron chi connectivity index (χ2n) is 7.29. The number of aliphatic imine (C=N–C) groups is 1. The predicted octanol–water partition coefficient (Wildman–Crippen LogP) is 2.47. The zero-order valence-electron chi connectivity index (χ0n) is 16.0. The normalized spacial score (nSPS) is 21.5. The number of nitrogens with zero attached hydrogens (tertiary/aromatic N) is 2. The Kier molecular flexibility index (Phi) is 5.94. The first-order valence-electron chi connectivity index (χ1n) is 9.27. The van der Waals surface area contributed by atoms with E-state index < -0.39 is 0 Å².